The van der Waals surface area contributed by atoms with Gasteiger partial charge in [0.25, 0.3) is 0 Å². The summed E-state index contributed by atoms with van der Waals surface area (Å²) < 4.78 is 0. The van der Waals surface area contributed by atoms with E-state index in [2.05, 4.69) is 19.2 Å². The molecule has 0 heterocycles. The first-order valence-electron chi connectivity index (χ1n) is 4.79. The SMILES string of the molecule is CCNCC.NCc1ccccc1. The smallest absolute Gasteiger partial charge is 0.0178 e. The maximum Gasteiger partial charge on any atom is 0.0178 e. The standard InChI is InChI=1S/C7H9N.C4H11N/c8-6-7-4-2-1-3-5-7;1-3-5-4-2/h1-5H,6,8H2;5H,3-4H2,1-2H3. The van der Waals surface area contributed by atoms with E-state index in [9.17, 15) is 0 Å². The zero-order chi connectivity index (χ0) is 9.94. The van der Waals surface area contributed by atoms with Crippen LogP contribution in [0.3, 0.4) is 0 Å². The summed E-state index contributed by atoms with van der Waals surface area (Å²) >= 11 is 0. The molecule has 0 aliphatic heterocycles. The Labute approximate surface area is 81.2 Å². The topological polar surface area (TPSA) is 38.0 Å². The second-order valence-corrected chi connectivity index (χ2v) is 2.65. The van der Waals surface area contributed by atoms with E-state index in [4.69, 9.17) is 5.73 Å². The molecule has 0 spiro atoms. The normalized spacial score (nSPS) is 8.85. The van der Waals surface area contributed by atoms with Gasteiger partial charge in [-0.2, -0.15) is 0 Å². The van der Waals surface area contributed by atoms with Crippen LogP contribution in [0.5, 0.6) is 0 Å². The molecule has 0 aliphatic rings. The van der Waals surface area contributed by atoms with E-state index in [1.165, 1.54) is 5.56 Å². The van der Waals surface area contributed by atoms with Crippen molar-refractivity contribution in [2.24, 2.45) is 5.73 Å². The summed E-state index contributed by atoms with van der Waals surface area (Å²) in [6.07, 6.45) is 0. The quantitative estimate of drug-likeness (QED) is 0.744. The first-order chi connectivity index (χ1) is 6.35. The average molecular weight is 180 g/mol. The number of nitrogens with two attached hydrogens (primary N) is 1. The number of hydrogen-bond acceptors (Lipinski definition) is 2. The lowest BCUT2D eigenvalue weighted by Crippen LogP contribution is -2.09. The Bertz CT molecular complexity index is 183. The van der Waals surface area contributed by atoms with Crippen molar-refractivity contribution in [3.05, 3.63) is 35.9 Å². The van der Waals surface area contributed by atoms with Crippen LogP contribution in [-0.2, 0) is 6.54 Å². The van der Waals surface area contributed by atoms with Gasteiger partial charge in [-0.15, -0.1) is 0 Å². The van der Waals surface area contributed by atoms with Gasteiger partial charge < -0.3 is 11.1 Å². The number of benzene rings is 1. The molecule has 0 amide bonds. The van der Waals surface area contributed by atoms with Crippen LogP contribution in [0.4, 0.5) is 0 Å². The van der Waals surface area contributed by atoms with Crippen LogP contribution in [0.15, 0.2) is 30.3 Å². The van der Waals surface area contributed by atoms with Crippen molar-refractivity contribution in [2.75, 3.05) is 13.1 Å². The van der Waals surface area contributed by atoms with Gasteiger partial charge in [-0.1, -0.05) is 44.2 Å². The van der Waals surface area contributed by atoms with Gasteiger partial charge in [0, 0.05) is 6.54 Å². The largest absolute Gasteiger partial charge is 0.326 e. The molecule has 13 heavy (non-hydrogen) atoms. The molecule has 74 valence electrons. The Morgan fingerprint density at radius 1 is 1.08 bits per heavy atom. The predicted octanol–water partition coefficient (Wildman–Crippen LogP) is 1.76. The first-order valence-corrected chi connectivity index (χ1v) is 4.79. The van der Waals surface area contributed by atoms with E-state index in [1.54, 1.807) is 0 Å². The summed E-state index contributed by atoms with van der Waals surface area (Å²) in [4.78, 5) is 0. The lowest BCUT2D eigenvalue weighted by Gasteiger charge is -1.90. The monoisotopic (exact) mass is 180 g/mol. The molecule has 0 fully saturated rings. The van der Waals surface area contributed by atoms with Crippen molar-refractivity contribution >= 4 is 0 Å². The van der Waals surface area contributed by atoms with E-state index in [-0.39, 0.29) is 0 Å². The van der Waals surface area contributed by atoms with Crippen molar-refractivity contribution in [2.45, 2.75) is 20.4 Å². The highest BCUT2D eigenvalue weighted by molar-refractivity contribution is 5.13. The van der Waals surface area contributed by atoms with Crippen LogP contribution in [0.25, 0.3) is 0 Å². The van der Waals surface area contributed by atoms with Crippen LogP contribution in [0, 0.1) is 0 Å². The molecule has 0 saturated carbocycles. The summed E-state index contributed by atoms with van der Waals surface area (Å²) in [6, 6.07) is 9.99. The van der Waals surface area contributed by atoms with Crippen molar-refractivity contribution < 1.29 is 0 Å². The van der Waals surface area contributed by atoms with E-state index in [1.807, 2.05) is 30.3 Å². The van der Waals surface area contributed by atoms with Crippen LogP contribution >= 0.6 is 0 Å². The van der Waals surface area contributed by atoms with Gasteiger partial charge in [0.05, 0.1) is 0 Å². The first kappa shape index (κ1) is 12.1. The molecule has 0 atom stereocenters. The fourth-order valence-electron chi connectivity index (χ4n) is 0.864. The lowest BCUT2D eigenvalue weighted by molar-refractivity contribution is 0.762. The molecular formula is C11H20N2. The highest BCUT2D eigenvalue weighted by atomic mass is 14.8. The van der Waals surface area contributed by atoms with Crippen molar-refractivity contribution in [1.82, 2.24) is 5.32 Å². The Morgan fingerprint density at radius 2 is 1.62 bits per heavy atom. The molecule has 2 heteroatoms. The molecule has 0 radical (unpaired) electrons. The molecule has 0 saturated heterocycles. The minimum absolute atomic E-state index is 0.640. The van der Waals surface area contributed by atoms with E-state index in [0.29, 0.717) is 6.54 Å². The second kappa shape index (κ2) is 9.23. The van der Waals surface area contributed by atoms with E-state index >= 15 is 0 Å². The van der Waals surface area contributed by atoms with Gasteiger partial charge in [0.2, 0.25) is 0 Å². The highest BCUT2D eigenvalue weighted by Crippen LogP contribution is 1.94. The maximum atomic E-state index is 5.35. The molecule has 2 nitrogen and oxygen atoms in total. The molecular weight excluding hydrogens is 160 g/mol. The number of hydrogen-bond donors (Lipinski definition) is 2. The van der Waals surface area contributed by atoms with Crippen molar-refractivity contribution in [3.8, 4) is 0 Å². The Balaban J connectivity index is 0.000000252. The third-order valence-corrected chi connectivity index (χ3v) is 1.58. The molecule has 1 aromatic rings. The molecule has 1 aromatic carbocycles. The summed E-state index contributed by atoms with van der Waals surface area (Å²) in [5.41, 5.74) is 6.54. The molecule has 1 rings (SSSR count). The zero-order valence-corrected chi connectivity index (χ0v) is 8.59. The number of rotatable bonds is 3. The Hall–Kier alpha value is -0.860. The average Bonchev–Trinajstić information content (AvgIpc) is 2.21. The van der Waals surface area contributed by atoms with Crippen LogP contribution in [-0.4, -0.2) is 13.1 Å². The molecule has 0 unspecified atom stereocenters. The highest BCUT2D eigenvalue weighted by Gasteiger charge is 1.80. The van der Waals surface area contributed by atoms with Crippen molar-refractivity contribution in [1.29, 1.82) is 0 Å². The van der Waals surface area contributed by atoms with Crippen molar-refractivity contribution in [3.63, 3.8) is 0 Å². The van der Waals surface area contributed by atoms with Gasteiger partial charge in [-0.05, 0) is 18.7 Å². The Kier molecular flexibility index (Phi) is 8.62. The fraction of sp³-hybridized carbons (Fsp3) is 0.455. The third kappa shape index (κ3) is 7.50. The summed E-state index contributed by atoms with van der Waals surface area (Å²) in [6.45, 7) is 7.03. The van der Waals surface area contributed by atoms with Crippen LogP contribution < -0.4 is 11.1 Å². The lowest BCUT2D eigenvalue weighted by atomic mass is 10.2. The summed E-state index contributed by atoms with van der Waals surface area (Å²) in [5.74, 6) is 0. The van der Waals surface area contributed by atoms with Crippen LogP contribution in [0.1, 0.15) is 19.4 Å². The maximum absolute atomic E-state index is 5.35. The predicted molar refractivity (Wildman–Crippen MR) is 58.6 cm³/mol. The summed E-state index contributed by atoms with van der Waals surface area (Å²) in [7, 11) is 0. The van der Waals surface area contributed by atoms with Gasteiger partial charge in [0.1, 0.15) is 0 Å². The van der Waals surface area contributed by atoms with Gasteiger partial charge in [0.15, 0.2) is 0 Å². The molecule has 3 N–H and O–H groups in total. The Morgan fingerprint density at radius 3 is 1.85 bits per heavy atom. The van der Waals surface area contributed by atoms with Gasteiger partial charge in [-0.3, -0.25) is 0 Å². The van der Waals surface area contributed by atoms with E-state index < -0.39 is 0 Å². The molecule has 0 aliphatic carbocycles. The van der Waals surface area contributed by atoms with Crippen LogP contribution in [0.2, 0.25) is 0 Å². The second-order valence-electron chi connectivity index (χ2n) is 2.65. The minimum atomic E-state index is 0.640. The van der Waals surface area contributed by atoms with Gasteiger partial charge >= 0.3 is 0 Å². The molecule has 0 bridgehead atoms. The fourth-order valence-corrected chi connectivity index (χ4v) is 0.864. The zero-order valence-electron chi connectivity index (χ0n) is 8.59. The minimum Gasteiger partial charge on any atom is -0.326 e. The van der Waals surface area contributed by atoms with E-state index in [0.717, 1.165) is 13.1 Å². The third-order valence-electron chi connectivity index (χ3n) is 1.58. The summed E-state index contributed by atoms with van der Waals surface area (Å²) in [5, 5.41) is 3.11. The van der Waals surface area contributed by atoms with Gasteiger partial charge in [-0.25, -0.2) is 0 Å². The molecule has 0 aromatic heterocycles. The number of nitrogens with one attached hydrogen (secondary N) is 1.